The second-order valence-electron chi connectivity index (χ2n) is 29.8. The molecule has 3 aromatic carbocycles. The number of methoxy groups -OCH3 is 3. The van der Waals surface area contributed by atoms with Gasteiger partial charge in [-0.15, -0.1) is 0 Å². The molecule has 11 aromatic rings. The number of aliphatic hydroxyl groups excluding tert-OH is 3. The van der Waals surface area contributed by atoms with Gasteiger partial charge in [-0.2, -0.15) is 10.2 Å². The molecule has 646 valence electrons. The Balaban J connectivity index is 0.000000159. The molecule has 8 aromatic heterocycles. The van der Waals surface area contributed by atoms with Gasteiger partial charge in [0.05, 0.1) is 100.0 Å². The van der Waals surface area contributed by atoms with Gasteiger partial charge in [-0.1, -0.05) is 11.6 Å². The first-order valence-corrected chi connectivity index (χ1v) is 39.9. The molecule has 0 spiro atoms. The van der Waals surface area contributed by atoms with Crippen LogP contribution in [0.5, 0.6) is 17.2 Å². The number of rotatable bonds is 27. The summed E-state index contributed by atoms with van der Waals surface area (Å²) < 4.78 is 70.6. The van der Waals surface area contributed by atoms with E-state index in [1.165, 1.54) is 98.4 Å². The topological polar surface area (TPSA) is 410 Å². The molecule has 9 N–H and O–H groups in total. The number of carbonyl (C=O) groups is 6. The van der Waals surface area contributed by atoms with Crippen LogP contribution < -0.4 is 46.1 Å². The summed E-state index contributed by atoms with van der Waals surface area (Å²) in [6.45, 7) is 9.57. The number of carbonyl (C=O) groups excluding carboxylic acids is 6. The van der Waals surface area contributed by atoms with Crippen molar-refractivity contribution in [1.82, 2.24) is 93.8 Å². The lowest BCUT2D eigenvalue weighted by Crippen LogP contribution is -2.53. The maximum atomic E-state index is 14.0. The zero-order valence-corrected chi connectivity index (χ0v) is 69.8. The van der Waals surface area contributed by atoms with Crippen molar-refractivity contribution in [3.8, 4) is 51.0 Å². The minimum atomic E-state index is -0.882. The molecular formula is C84H94ClF3N22O13. The molecule has 0 saturated carbocycles. The molecule has 4 aliphatic rings. The van der Waals surface area contributed by atoms with Gasteiger partial charge in [-0.25, -0.2) is 57.5 Å². The normalized spacial score (nSPS) is 15.3. The van der Waals surface area contributed by atoms with Crippen molar-refractivity contribution in [2.45, 2.75) is 109 Å². The summed E-state index contributed by atoms with van der Waals surface area (Å²) in [4.78, 5) is 111. The van der Waals surface area contributed by atoms with E-state index in [9.17, 15) is 57.3 Å². The van der Waals surface area contributed by atoms with Gasteiger partial charge in [-0.05, 0) is 130 Å². The van der Waals surface area contributed by atoms with E-state index in [4.69, 9.17) is 30.5 Å². The fraction of sp³-hybridized carbons (Fsp3) is 0.357. The Kier molecular flexibility index (Phi) is 27.5. The lowest BCUT2D eigenvalue weighted by Gasteiger charge is -2.33. The van der Waals surface area contributed by atoms with Crippen LogP contribution in [0.1, 0.15) is 96.6 Å². The fourth-order valence-electron chi connectivity index (χ4n) is 14.7. The van der Waals surface area contributed by atoms with E-state index >= 15 is 0 Å². The molecule has 1 saturated heterocycles. The summed E-state index contributed by atoms with van der Waals surface area (Å²) in [5, 5.41) is 56.1. The third-order valence-corrected chi connectivity index (χ3v) is 22.0. The molecule has 0 bridgehead atoms. The number of halogens is 4. The quantitative estimate of drug-likeness (QED) is 0.0231. The number of ether oxygens (including phenoxy) is 4. The SMILES string of the molecule is COc1cc(F)cc([C@@H](CO)NC(=O)[C@@H](C)N2CCc3cc(-c4nc(Nc5ccnn5C)ncc4C)cn3C2=O)c1.COc1cc(F)cc([C@@H](CO)NC(=O)[C@H](C)N2CCc3cc(-c4nc(NC5CCOCC5)ncc4Cl)cn3C2=O)c1.COc1cc(F)cc([C@@H](CO)NC(=O)[C@H](C)N2CCc3cc(-c4nc(Nc5ccnn5C)ncc4C)cn3C2=O)c1. The highest BCUT2D eigenvalue weighted by atomic mass is 35.5. The smallest absolute Gasteiger partial charge is 0.329 e. The standard InChI is InChI=1S/C28H32ClFN6O5.2C28H31FN8O4/c1-16(26(38)33-24(15-37)17-9-19(30)12-22(11-17)40-2)35-6-3-21-10-18(14-36(21)28(35)39)25-23(29)13-31-27(34-25)32-20-4-7-41-8-5-20;2*1-16-13-30-27(33-24-5-7-31-35(24)3)34-25(16)19-10-21-6-8-36(28(40)37(21)14-19)17(2)26(39)32-23(15-38)18-9-20(29)12-22(11-18)41-4/h9-14,16,20,24,37H,3-8,15H2,1-2H3,(H,33,38)(H,31,32,34);2*5,7,9-14,17,23,38H,6,8,15H2,1-4H3,(H,32,39)(H,30,33,34)/t16-,24+;17-,23+;17-,23-/m001/s1. The van der Waals surface area contributed by atoms with Gasteiger partial charge in [0.15, 0.2) is 0 Å². The molecule has 1 fully saturated rings. The molecule has 123 heavy (non-hydrogen) atoms. The Labute approximate surface area is 709 Å². The third kappa shape index (κ3) is 20.0. The van der Waals surface area contributed by atoms with Gasteiger partial charge >= 0.3 is 18.1 Å². The number of aliphatic hydroxyl groups is 3. The highest BCUT2D eigenvalue weighted by Crippen LogP contribution is 2.35. The molecule has 6 atom stereocenters. The van der Waals surface area contributed by atoms with E-state index < -0.39 is 91.2 Å². The monoisotopic (exact) mass is 1710 g/mol. The van der Waals surface area contributed by atoms with Crippen LogP contribution in [0.25, 0.3) is 33.8 Å². The number of hydrogen-bond acceptors (Lipinski definition) is 24. The average molecular weight is 1710 g/mol. The first-order chi connectivity index (χ1) is 59.1. The Morgan fingerprint density at radius 1 is 0.504 bits per heavy atom. The van der Waals surface area contributed by atoms with Crippen molar-refractivity contribution in [1.29, 1.82) is 0 Å². The lowest BCUT2D eigenvalue weighted by molar-refractivity contribution is -0.126. The number of benzene rings is 3. The molecule has 39 heteroatoms. The molecular weight excluding hydrogens is 1620 g/mol. The zero-order chi connectivity index (χ0) is 87.6. The number of anilines is 5. The maximum absolute atomic E-state index is 14.0. The summed E-state index contributed by atoms with van der Waals surface area (Å²) in [5.41, 5.74) is 9.10. The van der Waals surface area contributed by atoms with Crippen molar-refractivity contribution in [3.63, 3.8) is 0 Å². The molecule has 12 heterocycles. The van der Waals surface area contributed by atoms with Gasteiger partial charge in [0.25, 0.3) is 0 Å². The van der Waals surface area contributed by atoms with Crippen LogP contribution >= 0.6 is 11.6 Å². The van der Waals surface area contributed by atoms with Gasteiger partial charge < -0.3 is 80.9 Å². The first-order valence-electron chi connectivity index (χ1n) is 39.5. The van der Waals surface area contributed by atoms with Crippen LogP contribution in [0.3, 0.4) is 0 Å². The molecule has 0 unspecified atom stereocenters. The number of fused-ring (bicyclic) bond motifs is 3. The van der Waals surface area contributed by atoms with Crippen LogP contribution in [-0.4, -0.2) is 227 Å². The molecule has 15 rings (SSSR count). The fourth-order valence-corrected chi connectivity index (χ4v) is 14.9. The zero-order valence-electron chi connectivity index (χ0n) is 69.0. The third-order valence-electron chi connectivity index (χ3n) is 21.7. The largest absolute Gasteiger partial charge is 0.497 e. The predicted octanol–water partition coefficient (Wildman–Crippen LogP) is 9.29. The van der Waals surface area contributed by atoms with Crippen molar-refractivity contribution in [2.24, 2.45) is 14.1 Å². The van der Waals surface area contributed by atoms with Crippen LogP contribution in [0.4, 0.5) is 57.0 Å². The molecule has 35 nitrogen and oxygen atoms in total. The second kappa shape index (κ2) is 38.6. The second-order valence-corrected chi connectivity index (χ2v) is 30.2. The Morgan fingerprint density at radius 2 is 0.846 bits per heavy atom. The van der Waals surface area contributed by atoms with Gasteiger partial charge in [-0.3, -0.25) is 37.4 Å². The molecule has 4 aliphatic heterocycles. The number of nitrogens with one attached hydrogen (secondary N) is 6. The van der Waals surface area contributed by atoms with E-state index in [0.29, 0.717) is 114 Å². The number of aryl methyl sites for hydroxylation is 4. The van der Waals surface area contributed by atoms with Gasteiger partial charge in [0.1, 0.15) is 64.5 Å². The van der Waals surface area contributed by atoms with Crippen molar-refractivity contribution >= 4 is 76.9 Å². The predicted molar refractivity (Wildman–Crippen MR) is 446 cm³/mol. The van der Waals surface area contributed by atoms with Crippen molar-refractivity contribution in [3.05, 3.63) is 202 Å². The van der Waals surface area contributed by atoms with Crippen LogP contribution in [-0.2, 0) is 52.5 Å². The van der Waals surface area contributed by atoms with E-state index in [0.717, 1.165) is 63.8 Å². The summed E-state index contributed by atoms with van der Waals surface area (Å²) >= 11 is 6.45. The number of nitrogens with zero attached hydrogens (tertiary/aromatic N) is 16. The Morgan fingerprint density at radius 3 is 1.18 bits per heavy atom. The van der Waals surface area contributed by atoms with E-state index in [1.807, 2.05) is 44.2 Å². The average Bonchev–Trinajstić information content (AvgIpc) is 1.64. The minimum Gasteiger partial charge on any atom is -0.497 e. The Hall–Kier alpha value is -13.3. The molecule has 6 amide bonds. The number of aromatic nitrogens is 13. The van der Waals surface area contributed by atoms with Crippen LogP contribution in [0.2, 0.25) is 5.02 Å². The summed E-state index contributed by atoms with van der Waals surface area (Å²) in [6.07, 6.45) is 16.7. The number of hydrogen-bond donors (Lipinski definition) is 9. The Bertz CT molecular complexity index is 5480. The number of amides is 6. The highest BCUT2D eigenvalue weighted by Gasteiger charge is 2.38. The summed E-state index contributed by atoms with van der Waals surface area (Å²) in [7, 11) is 7.82. The van der Waals surface area contributed by atoms with Crippen molar-refractivity contribution < 1.29 is 76.2 Å². The van der Waals surface area contributed by atoms with Gasteiger partial charge in [0, 0.05) is 167 Å². The van der Waals surface area contributed by atoms with E-state index in [1.54, 1.807) is 99.7 Å². The van der Waals surface area contributed by atoms with E-state index in [2.05, 4.69) is 72.0 Å². The van der Waals surface area contributed by atoms with Crippen molar-refractivity contribution in [2.75, 3.05) is 89.9 Å². The van der Waals surface area contributed by atoms with E-state index in [-0.39, 0.29) is 41.4 Å². The van der Waals surface area contributed by atoms with Crippen LogP contribution in [0, 0.1) is 31.3 Å². The van der Waals surface area contributed by atoms with Gasteiger partial charge in [0.2, 0.25) is 35.6 Å². The highest BCUT2D eigenvalue weighted by molar-refractivity contribution is 6.33. The first kappa shape index (κ1) is 87.5. The summed E-state index contributed by atoms with van der Waals surface area (Å²) in [6, 6.07) is 15.2. The summed E-state index contributed by atoms with van der Waals surface area (Å²) in [5.74, 6) is 0.386. The molecule has 0 aliphatic carbocycles. The molecule has 0 radical (unpaired) electrons. The van der Waals surface area contributed by atoms with Crippen LogP contribution in [0.15, 0.2) is 135 Å². The minimum absolute atomic E-state index is 0.205. The maximum Gasteiger partial charge on any atom is 0.329 e. The lowest BCUT2D eigenvalue weighted by atomic mass is 10.1.